The molecule has 0 saturated carbocycles. The van der Waals surface area contributed by atoms with Gasteiger partial charge in [-0.05, 0) is 33.2 Å². The van der Waals surface area contributed by atoms with Crippen LogP contribution >= 0.6 is 0 Å². The first-order valence-electron chi connectivity index (χ1n) is 5.50. The van der Waals surface area contributed by atoms with E-state index in [-0.39, 0.29) is 17.6 Å². The molecule has 0 aromatic heterocycles. The maximum atomic E-state index is 11.5. The van der Waals surface area contributed by atoms with Crippen LogP contribution in [0.15, 0.2) is 0 Å². The zero-order chi connectivity index (χ0) is 11.3. The largest absolute Gasteiger partial charge is 0.464 e. The minimum Gasteiger partial charge on any atom is -0.464 e. The highest BCUT2D eigenvalue weighted by Crippen LogP contribution is 2.13. The average Bonchev–Trinajstić information content (AvgIpc) is 2.70. The number of esters is 1. The molecule has 1 aliphatic rings. The number of hydrogen-bond acceptors (Lipinski definition) is 4. The van der Waals surface area contributed by atoms with Crippen LogP contribution in [0.5, 0.6) is 0 Å². The van der Waals surface area contributed by atoms with Crippen LogP contribution in [-0.2, 0) is 14.3 Å². The Kier molecular flexibility index (Phi) is 4.54. The standard InChI is InChI=1S/C11H21NO3/c1-11(2,14-3)6-8-15-10(13)9-5-4-7-12-9/h9,12H,4-8H2,1-3H3/t9-/m1/s1. The van der Waals surface area contributed by atoms with Crippen LogP contribution in [-0.4, -0.2) is 37.9 Å². The number of carbonyl (C=O) groups is 1. The minimum atomic E-state index is -0.219. The fraction of sp³-hybridized carbons (Fsp3) is 0.909. The van der Waals surface area contributed by atoms with E-state index in [1.165, 1.54) is 0 Å². The van der Waals surface area contributed by atoms with Crippen molar-refractivity contribution in [3.63, 3.8) is 0 Å². The molecular weight excluding hydrogens is 194 g/mol. The monoisotopic (exact) mass is 215 g/mol. The number of ether oxygens (including phenoxy) is 2. The van der Waals surface area contributed by atoms with Gasteiger partial charge in [0.05, 0.1) is 12.2 Å². The van der Waals surface area contributed by atoms with E-state index in [4.69, 9.17) is 9.47 Å². The molecule has 1 fully saturated rings. The zero-order valence-electron chi connectivity index (χ0n) is 9.84. The Balaban J connectivity index is 2.16. The average molecular weight is 215 g/mol. The number of methoxy groups -OCH3 is 1. The van der Waals surface area contributed by atoms with Gasteiger partial charge in [0.2, 0.25) is 0 Å². The lowest BCUT2D eigenvalue weighted by Gasteiger charge is -2.22. The SMILES string of the molecule is COC(C)(C)CCOC(=O)[C@H]1CCCN1. The molecule has 0 unspecified atom stereocenters. The smallest absolute Gasteiger partial charge is 0.323 e. The normalized spacial score (nSPS) is 21.7. The van der Waals surface area contributed by atoms with E-state index < -0.39 is 0 Å². The molecule has 0 aromatic rings. The molecule has 1 aliphatic heterocycles. The van der Waals surface area contributed by atoms with E-state index in [2.05, 4.69) is 5.32 Å². The first-order valence-corrected chi connectivity index (χ1v) is 5.50. The summed E-state index contributed by atoms with van der Waals surface area (Å²) in [4.78, 5) is 11.5. The first-order chi connectivity index (χ1) is 7.05. The van der Waals surface area contributed by atoms with Crippen LogP contribution in [0.1, 0.15) is 33.1 Å². The van der Waals surface area contributed by atoms with Gasteiger partial charge in [-0.1, -0.05) is 0 Å². The van der Waals surface area contributed by atoms with E-state index in [9.17, 15) is 4.79 Å². The summed E-state index contributed by atoms with van der Waals surface area (Å²) in [5.41, 5.74) is -0.219. The molecule has 0 radical (unpaired) electrons. The van der Waals surface area contributed by atoms with Gasteiger partial charge in [0.1, 0.15) is 6.04 Å². The molecule has 4 heteroatoms. The van der Waals surface area contributed by atoms with Crippen LogP contribution in [0.25, 0.3) is 0 Å². The highest BCUT2D eigenvalue weighted by Gasteiger charge is 2.24. The molecule has 15 heavy (non-hydrogen) atoms. The lowest BCUT2D eigenvalue weighted by molar-refractivity contribution is -0.147. The van der Waals surface area contributed by atoms with Crippen molar-refractivity contribution in [1.29, 1.82) is 0 Å². The Hall–Kier alpha value is -0.610. The molecule has 1 rings (SSSR count). The van der Waals surface area contributed by atoms with Gasteiger partial charge in [0.15, 0.2) is 0 Å². The fourth-order valence-electron chi connectivity index (χ4n) is 1.49. The van der Waals surface area contributed by atoms with Crippen LogP contribution in [0.4, 0.5) is 0 Å². The van der Waals surface area contributed by atoms with Gasteiger partial charge < -0.3 is 14.8 Å². The number of carbonyl (C=O) groups excluding carboxylic acids is 1. The second-order valence-corrected chi connectivity index (χ2v) is 4.53. The van der Waals surface area contributed by atoms with Crippen LogP contribution < -0.4 is 5.32 Å². The van der Waals surface area contributed by atoms with Gasteiger partial charge in [-0.15, -0.1) is 0 Å². The van der Waals surface area contributed by atoms with Crippen molar-refractivity contribution in [2.45, 2.75) is 44.8 Å². The Labute approximate surface area is 91.3 Å². The molecule has 0 bridgehead atoms. The highest BCUT2D eigenvalue weighted by molar-refractivity contribution is 5.76. The van der Waals surface area contributed by atoms with Gasteiger partial charge in [-0.2, -0.15) is 0 Å². The first kappa shape index (κ1) is 12.5. The summed E-state index contributed by atoms with van der Waals surface area (Å²) in [7, 11) is 1.67. The quantitative estimate of drug-likeness (QED) is 0.698. The van der Waals surface area contributed by atoms with Crippen molar-refractivity contribution in [2.24, 2.45) is 0 Å². The maximum absolute atomic E-state index is 11.5. The van der Waals surface area contributed by atoms with E-state index in [0.29, 0.717) is 6.61 Å². The lowest BCUT2D eigenvalue weighted by Crippen LogP contribution is -2.34. The van der Waals surface area contributed by atoms with E-state index in [0.717, 1.165) is 25.8 Å². The summed E-state index contributed by atoms with van der Waals surface area (Å²) in [5, 5.41) is 3.11. The Morgan fingerprint density at radius 2 is 2.27 bits per heavy atom. The van der Waals surface area contributed by atoms with Gasteiger partial charge in [0, 0.05) is 13.5 Å². The summed E-state index contributed by atoms with van der Waals surface area (Å²) in [5.74, 6) is -0.126. The van der Waals surface area contributed by atoms with Crippen LogP contribution in [0.3, 0.4) is 0 Å². The van der Waals surface area contributed by atoms with E-state index in [1.54, 1.807) is 7.11 Å². The Morgan fingerprint density at radius 1 is 1.53 bits per heavy atom. The molecule has 1 atom stereocenters. The van der Waals surface area contributed by atoms with Crippen LogP contribution in [0.2, 0.25) is 0 Å². The van der Waals surface area contributed by atoms with Crippen molar-refractivity contribution in [3.05, 3.63) is 0 Å². The van der Waals surface area contributed by atoms with E-state index in [1.807, 2.05) is 13.8 Å². The molecule has 0 aromatic carbocycles. The Morgan fingerprint density at radius 3 is 2.80 bits per heavy atom. The molecule has 0 aliphatic carbocycles. The van der Waals surface area contributed by atoms with Gasteiger partial charge in [-0.25, -0.2) is 0 Å². The molecular formula is C11H21NO3. The van der Waals surface area contributed by atoms with Gasteiger partial charge in [0.25, 0.3) is 0 Å². The predicted molar refractivity (Wildman–Crippen MR) is 57.7 cm³/mol. The number of rotatable bonds is 5. The molecule has 1 saturated heterocycles. The summed E-state index contributed by atoms with van der Waals surface area (Å²) in [6.45, 7) is 5.31. The second kappa shape index (κ2) is 5.47. The van der Waals surface area contributed by atoms with Gasteiger partial charge in [-0.3, -0.25) is 4.79 Å². The third kappa shape index (κ3) is 4.18. The third-order valence-corrected chi connectivity index (χ3v) is 2.85. The zero-order valence-corrected chi connectivity index (χ0v) is 9.84. The third-order valence-electron chi connectivity index (χ3n) is 2.85. The molecule has 1 N–H and O–H groups in total. The fourth-order valence-corrected chi connectivity index (χ4v) is 1.49. The summed E-state index contributed by atoms with van der Waals surface area (Å²) < 4.78 is 10.4. The molecule has 0 amide bonds. The number of hydrogen-bond donors (Lipinski definition) is 1. The summed E-state index contributed by atoms with van der Waals surface area (Å²) >= 11 is 0. The Bertz CT molecular complexity index is 210. The predicted octanol–water partition coefficient (Wildman–Crippen LogP) is 1.10. The topological polar surface area (TPSA) is 47.6 Å². The van der Waals surface area contributed by atoms with Crippen molar-refractivity contribution in [2.75, 3.05) is 20.3 Å². The van der Waals surface area contributed by atoms with Crippen molar-refractivity contribution in [1.82, 2.24) is 5.32 Å². The summed E-state index contributed by atoms with van der Waals surface area (Å²) in [6.07, 6.45) is 2.68. The summed E-state index contributed by atoms with van der Waals surface area (Å²) in [6, 6.07) is -0.0874. The molecule has 88 valence electrons. The number of nitrogens with one attached hydrogen (secondary N) is 1. The lowest BCUT2D eigenvalue weighted by atomic mass is 10.1. The highest BCUT2D eigenvalue weighted by atomic mass is 16.5. The van der Waals surface area contributed by atoms with E-state index >= 15 is 0 Å². The molecule has 1 heterocycles. The van der Waals surface area contributed by atoms with Crippen molar-refractivity contribution >= 4 is 5.97 Å². The van der Waals surface area contributed by atoms with Crippen molar-refractivity contribution < 1.29 is 14.3 Å². The minimum absolute atomic E-state index is 0.0874. The van der Waals surface area contributed by atoms with Crippen molar-refractivity contribution in [3.8, 4) is 0 Å². The second-order valence-electron chi connectivity index (χ2n) is 4.53. The van der Waals surface area contributed by atoms with Crippen LogP contribution in [0, 0.1) is 0 Å². The van der Waals surface area contributed by atoms with Gasteiger partial charge >= 0.3 is 5.97 Å². The molecule has 0 spiro atoms. The maximum Gasteiger partial charge on any atom is 0.323 e. The molecule has 4 nitrogen and oxygen atoms in total.